The monoisotopic (exact) mass is 547 g/mol. The van der Waals surface area contributed by atoms with E-state index in [2.05, 4.69) is 10.3 Å². The largest absolute Gasteiger partial charge is 0.495 e. The van der Waals surface area contributed by atoms with Crippen molar-refractivity contribution in [3.05, 3.63) is 96.7 Å². The lowest BCUT2D eigenvalue weighted by molar-refractivity contribution is -0.120. The van der Waals surface area contributed by atoms with Crippen LogP contribution in [-0.4, -0.2) is 52.6 Å². The van der Waals surface area contributed by atoms with Crippen molar-refractivity contribution < 1.29 is 22.7 Å². The van der Waals surface area contributed by atoms with E-state index in [0.29, 0.717) is 11.4 Å². The van der Waals surface area contributed by atoms with Crippen LogP contribution in [0.25, 0.3) is 10.9 Å². The lowest BCUT2D eigenvalue weighted by Crippen LogP contribution is -2.54. The van der Waals surface area contributed by atoms with Gasteiger partial charge in [0.1, 0.15) is 11.8 Å². The molecule has 1 atom stereocenters. The fraction of sp³-hybridized carbons (Fsp3) is 0.179. The van der Waals surface area contributed by atoms with Crippen LogP contribution < -0.4 is 24.0 Å². The number of fused-ring (bicyclic) bond motifs is 1. The predicted molar refractivity (Wildman–Crippen MR) is 151 cm³/mol. The number of methoxy groups -OCH3 is 1. The van der Waals surface area contributed by atoms with Gasteiger partial charge in [-0.3, -0.25) is 14.1 Å². The summed E-state index contributed by atoms with van der Waals surface area (Å²) >= 11 is 0. The molecule has 4 aromatic rings. The first-order valence-electron chi connectivity index (χ1n) is 12.1. The molecule has 4 rings (SSSR count). The maximum absolute atomic E-state index is 13.6. The van der Waals surface area contributed by atoms with Gasteiger partial charge < -0.3 is 15.0 Å². The van der Waals surface area contributed by atoms with Gasteiger partial charge in [0.25, 0.3) is 0 Å². The summed E-state index contributed by atoms with van der Waals surface area (Å²) in [6, 6.07) is 22.6. The second-order valence-electron chi connectivity index (χ2n) is 8.74. The van der Waals surface area contributed by atoms with Crippen LogP contribution in [-0.2, 0) is 21.4 Å². The predicted octanol–water partition coefficient (Wildman–Crippen LogP) is 3.50. The molecule has 0 spiro atoms. The lowest BCUT2D eigenvalue weighted by atomic mass is 10.0. The number of benzene rings is 3. The van der Waals surface area contributed by atoms with Crippen LogP contribution in [0, 0.1) is 0 Å². The number of hydrogen-bond donors (Lipinski definition) is 2. The van der Waals surface area contributed by atoms with Crippen LogP contribution in [0.4, 0.5) is 16.2 Å². The Morgan fingerprint density at radius 1 is 0.949 bits per heavy atom. The maximum Gasteiger partial charge on any atom is 0.330 e. The molecule has 2 N–H and O–H groups in total. The Morgan fingerprint density at radius 2 is 1.67 bits per heavy atom. The third-order valence-corrected chi connectivity index (χ3v) is 7.56. The van der Waals surface area contributed by atoms with E-state index in [-0.39, 0.29) is 12.1 Å². The molecular formula is C28H29N5O5S. The molecule has 1 aromatic heterocycles. The first-order chi connectivity index (χ1) is 18.7. The molecule has 0 unspecified atom stereocenters. The minimum absolute atomic E-state index is 0.148. The molecule has 0 fully saturated rings. The molecule has 202 valence electrons. The van der Waals surface area contributed by atoms with Gasteiger partial charge >= 0.3 is 16.2 Å². The molecule has 1 heterocycles. The van der Waals surface area contributed by atoms with E-state index < -0.39 is 28.2 Å². The third-order valence-electron chi connectivity index (χ3n) is 6.20. The van der Waals surface area contributed by atoms with Crippen molar-refractivity contribution in [3.63, 3.8) is 0 Å². The molecule has 0 saturated carbocycles. The van der Waals surface area contributed by atoms with E-state index in [4.69, 9.17) is 4.74 Å². The number of likely N-dealkylation sites (N-methyl/N-ethyl adjacent to an activating group) is 1. The number of rotatable bonds is 9. The highest BCUT2D eigenvalue weighted by molar-refractivity contribution is 7.91. The highest BCUT2D eigenvalue weighted by Crippen LogP contribution is 2.28. The van der Waals surface area contributed by atoms with E-state index in [1.807, 2.05) is 47.2 Å². The number of anilines is 2. The normalized spacial score (nSPS) is 11.9. The standard InChI is InChI=1S/C28H29N5O5S/c1-32(22-15-16-23-21(19-22)12-9-17-29-23)27(34)24(18-20-10-5-4-6-11-20)30-28(35)31-39(36,37)33(2)25-13-7-8-14-26(25)38-3/h4-17,19,24H,18H2,1-3H3,(H2,30,31,35)/t24-/m0/s1. The zero-order chi connectivity index (χ0) is 28.0. The van der Waals surface area contributed by atoms with Gasteiger partial charge in [0.2, 0.25) is 5.91 Å². The Labute approximate surface area is 227 Å². The second kappa shape index (κ2) is 11.8. The maximum atomic E-state index is 13.6. The fourth-order valence-corrected chi connectivity index (χ4v) is 4.92. The van der Waals surface area contributed by atoms with Gasteiger partial charge in [-0.15, -0.1) is 0 Å². The molecule has 0 aliphatic rings. The Kier molecular flexibility index (Phi) is 8.30. The zero-order valence-electron chi connectivity index (χ0n) is 21.7. The molecule has 39 heavy (non-hydrogen) atoms. The molecule has 0 radical (unpaired) electrons. The van der Waals surface area contributed by atoms with Crippen LogP contribution in [0.1, 0.15) is 5.56 Å². The summed E-state index contributed by atoms with van der Waals surface area (Å²) in [5, 5.41) is 3.41. The SMILES string of the molecule is COc1ccccc1N(C)S(=O)(=O)NC(=O)N[C@@H](Cc1ccccc1)C(=O)N(C)c1ccc2ncccc2c1. The Balaban J connectivity index is 1.55. The molecule has 10 nitrogen and oxygen atoms in total. The number of para-hydroxylation sites is 2. The summed E-state index contributed by atoms with van der Waals surface area (Å²) in [6.07, 6.45) is 1.84. The summed E-state index contributed by atoms with van der Waals surface area (Å²) in [5.74, 6) is -0.108. The fourth-order valence-electron chi connectivity index (χ4n) is 4.08. The molecule has 3 aromatic carbocycles. The summed E-state index contributed by atoms with van der Waals surface area (Å²) in [7, 11) is -0.0133. The van der Waals surface area contributed by atoms with Crippen molar-refractivity contribution in [2.24, 2.45) is 0 Å². The van der Waals surface area contributed by atoms with Crippen LogP contribution in [0.5, 0.6) is 5.75 Å². The van der Waals surface area contributed by atoms with Gasteiger partial charge in [-0.25, -0.2) is 9.52 Å². The van der Waals surface area contributed by atoms with Crippen molar-refractivity contribution in [1.82, 2.24) is 15.0 Å². The number of ether oxygens (including phenoxy) is 1. The second-order valence-corrected chi connectivity index (χ2v) is 10.4. The molecule has 0 aliphatic carbocycles. The minimum atomic E-state index is -4.33. The van der Waals surface area contributed by atoms with E-state index in [0.717, 1.165) is 20.8 Å². The van der Waals surface area contributed by atoms with Gasteiger partial charge in [-0.1, -0.05) is 48.5 Å². The van der Waals surface area contributed by atoms with E-state index in [9.17, 15) is 18.0 Å². The summed E-state index contributed by atoms with van der Waals surface area (Å²) in [5.41, 5.74) is 2.41. The van der Waals surface area contributed by atoms with Crippen molar-refractivity contribution in [2.45, 2.75) is 12.5 Å². The van der Waals surface area contributed by atoms with Crippen LogP contribution in [0.15, 0.2) is 91.1 Å². The van der Waals surface area contributed by atoms with Gasteiger partial charge in [-0.05, 0) is 42.0 Å². The number of amides is 3. The number of nitrogens with zero attached hydrogens (tertiary/aromatic N) is 3. The zero-order valence-corrected chi connectivity index (χ0v) is 22.6. The number of nitrogens with one attached hydrogen (secondary N) is 2. The summed E-state index contributed by atoms with van der Waals surface area (Å²) in [6.45, 7) is 0. The summed E-state index contributed by atoms with van der Waals surface area (Å²) < 4.78 is 34.1. The average molecular weight is 548 g/mol. The molecule has 3 amide bonds. The van der Waals surface area contributed by atoms with Gasteiger partial charge in [0.15, 0.2) is 0 Å². The average Bonchev–Trinajstić information content (AvgIpc) is 2.95. The van der Waals surface area contributed by atoms with Gasteiger partial charge in [-0.2, -0.15) is 8.42 Å². The molecule has 0 saturated heterocycles. The highest BCUT2D eigenvalue weighted by Gasteiger charge is 2.29. The quantitative estimate of drug-likeness (QED) is 0.331. The van der Waals surface area contributed by atoms with Crippen molar-refractivity contribution in [2.75, 3.05) is 30.4 Å². The number of hydrogen-bond acceptors (Lipinski definition) is 6. The first kappa shape index (κ1) is 27.4. The number of pyridine rings is 1. The molecule has 11 heteroatoms. The van der Waals surface area contributed by atoms with Crippen LogP contribution >= 0.6 is 0 Å². The van der Waals surface area contributed by atoms with E-state index >= 15 is 0 Å². The van der Waals surface area contributed by atoms with Crippen LogP contribution in [0.2, 0.25) is 0 Å². The smallest absolute Gasteiger partial charge is 0.330 e. The first-order valence-corrected chi connectivity index (χ1v) is 13.5. The Bertz CT molecular complexity index is 1580. The summed E-state index contributed by atoms with van der Waals surface area (Å²) in [4.78, 5) is 32.3. The lowest BCUT2D eigenvalue weighted by Gasteiger charge is -2.26. The third kappa shape index (κ3) is 6.44. The Hall–Kier alpha value is -4.64. The number of carbonyl (C=O) groups excluding carboxylic acids is 2. The van der Waals surface area contributed by atoms with Crippen molar-refractivity contribution in [3.8, 4) is 5.75 Å². The van der Waals surface area contributed by atoms with Crippen LogP contribution in [0.3, 0.4) is 0 Å². The molecule has 0 bridgehead atoms. The number of aromatic nitrogens is 1. The molecule has 0 aliphatic heterocycles. The van der Waals surface area contributed by atoms with E-state index in [1.165, 1.54) is 19.1 Å². The van der Waals surface area contributed by atoms with E-state index in [1.54, 1.807) is 55.7 Å². The number of carbonyl (C=O) groups is 2. The van der Waals surface area contributed by atoms with Gasteiger partial charge in [0.05, 0.1) is 18.3 Å². The highest BCUT2D eigenvalue weighted by atomic mass is 32.2. The van der Waals surface area contributed by atoms with Crippen molar-refractivity contribution in [1.29, 1.82) is 0 Å². The number of urea groups is 1. The minimum Gasteiger partial charge on any atom is -0.495 e. The van der Waals surface area contributed by atoms with Gasteiger partial charge in [0, 0.05) is 37.8 Å². The Morgan fingerprint density at radius 3 is 2.41 bits per heavy atom. The topological polar surface area (TPSA) is 121 Å². The molecular weight excluding hydrogens is 518 g/mol. The van der Waals surface area contributed by atoms with Crippen molar-refractivity contribution >= 4 is 44.4 Å².